The van der Waals surface area contributed by atoms with Crippen LogP contribution in [0.1, 0.15) is 16.8 Å². The maximum absolute atomic E-state index is 10.4. The van der Waals surface area contributed by atoms with Crippen LogP contribution in [0.15, 0.2) is 48.7 Å². The van der Waals surface area contributed by atoms with Crippen LogP contribution in [0, 0.1) is 11.3 Å². The van der Waals surface area contributed by atoms with E-state index < -0.39 is 5.97 Å². The number of aromatic nitrogens is 1. The Morgan fingerprint density at radius 1 is 1.33 bits per heavy atom. The van der Waals surface area contributed by atoms with E-state index in [1.54, 1.807) is 42.6 Å². The summed E-state index contributed by atoms with van der Waals surface area (Å²) in [6.45, 7) is 0.335. The number of aliphatic carboxylic acids is 1. The number of pyridine rings is 1. The normalized spacial score (nSPS) is 10.2. The molecule has 2 rings (SSSR count). The number of hydrogen-bond donors (Lipinski definition) is 1. The Balaban J connectivity index is 1.97. The third-order valence-electron chi connectivity index (χ3n) is 2.64. The molecule has 1 heterocycles. The summed E-state index contributed by atoms with van der Waals surface area (Å²) in [6.07, 6.45) is 4.15. The molecule has 5 heteroatoms. The van der Waals surface area contributed by atoms with Crippen molar-refractivity contribution in [1.29, 1.82) is 5.26 Å². The minimum atomic E-state index is -0.985. The van der Waals surface area contributed by atoms with Gasteiger partial charge in [0.25, 0.3) is 0 Å². The van der Waals surface area contributed by atoms with Crippen molar-refractivity contribution >= 4 is 12.0 Å². The summed E-state index contributed by atoms with van der Waals surface area (Å²) in [5, 5.41) is 17.3. The van der Waals surface area contributed by atoms with E-state index in [-0.39, 0.29) is 0 Å². The molecule has 0 bridgehead atoms. The maximum Gasteiger partial charge on any atom is 0.328 e. The Kier molecular flexibility index (Phi) is 4.67. The van der Waals surface area contributed by atoms with Crippen LogP contribution >= 0.6 is 0 Å². The second kappa shape index (κ2) is 6.87. The molecular formula is C16H12N2O3. The lowest BCUT2D eigenvalue weighted by molar-refractivity contribution is -0.131. The Morgan fingerprint density at radius 3 is 2.76 bits per heavy atom. The van der Waals surface area contributed by atoms with Gasteiger partial charge in [-0.05, 0) is 41.5 Å². The van der Waals surface area contributed by atoms with Crippen LogP contribution in [0.4, 0.5) is 0 Å². The number of rotatable bonds is 5. The summed E-state index contributed by atoms with van der Waals surface area (Å²) >= 11 is 0. The molecule has 1 aromatic heterocycles. The highest BCUT2D eigenvalue weighted by Gasteiger charge is 1.99. The summed E-state index contributed by atoms with van der Waals surface area (Å²) in [4.78, 5) is 14.3. The van der Waals surface area contributed by atoms with Gasteiger partial charge in [-0.2, -0.15) is 5.26 Å². The van der Waals surface area contributed by atoms with E-state index in [0.29, 0.717) is 18.1 Å². The van der Waals surface area contributed by atoms with Crippen molar-refractivity contribution in [1.82, 2.24) is 4.98 Å². The first kappa shape index (κ1) is 14.3. The fourth-order valence-corrected chi connectivity index (χ4v) is 1.63. The van der Waals surface area contributed by atoms with Gasteiger partial charge in [0.15, 0.2) is 0 Å². The fraction of sp³-hybridized carbons (Fsp3) is 0.0625. The van der Waals surface area contributed by atoms with Gasteiger partial charge in [0.2, 0.25) is 0 Å². The molecule has 0 saturated carbocycles. The fourth-order valence-electron chi connectivity index (χ4n) is 1.63. The van der Waals surface area contributed by atoms with Gasteiger partial charge in [0.1, 0.15) is 24.1 Å². The van der Waals surface area contributed by atoms with Crippen LogP contribution in [0.25, 0.3) is 6.08 Å². The number of ether oxygens (including phenoxy) is 1. The second-order valence-electron chi connectivity index (χ2n) is 4.19. The topological polar surface area (TPSA) is 83.2 Å². The van der Waals surface area contributed by atoms with Crippen molar-refractivity contribution < 1.29 is 14.6 Å². The van der Waals surface area contributed by atoms with Crippen molar-refractivity contribution in [3.8, 4) is 11.8 Å². The monoisotopic (exact) mass is 280 g/mol. The summed E-state index contributed by atoms with van der Waals surface area (Å²) in [6, 6.07) is 12.5. The van der Waals surface area contributed by atoms with Gasteiger partial charge in [-0.3, -0.25) is 0 Å². The van der Waals surface area contributed by atoms with Crippen LogP contribution in [0.5, 0.6) is 5.75 Å². The third-order valence-corrected chi connectivity index (χ3v) is 2.64. The Hall–Kier alpha value is -3.13. The number of benzene rings is 1. The Morgan fingerprint density at radius 2 is 2.10 bits per heavy atom. The van der Waals surface area contributed by atoms with Gasteiger partial charge >= 0.3 is 5.97 Å². The molecule has 0 amide bonds. The molecule has 0 atom stereocenters. The lowest BCUT2D eigenvalue weighted by Crippen LogP contribution is -1.96. The molecule has 5 nitrogen and oxygen atoms in total. The van der Waals surface area contributed by atoms with Crippen LogP contribution in [0.2, 0.25) is 0 Å². The number of nitrogens with zero attached hydrogens (tertiary/aromatic N) is 2. The third kappa shape index (κ3) is 4.48. The van der Waals surface area contributed by atoms with Gasteiger partial charge < -0.3 is 9.84 Å². The van der Waals surface area contributed by atoms with Crippen LogP contribution in [-0.4, -0.2) is 16.1 Å². The number of hydrogen-bond acceptors (Lipinski definition) is 4. The summed E-state index contributed by atoms with van der Waals surface area (Å²) < 4.78 is 5.59. The molecule has 0 unspecified atom stereocenters. The minimum Gasteiger partial charge on any atom is -0.489 e. The van der Waals surface area contributed by atoms with Gasteiger partial charge in [-0.25, -0.2) is 9.78 Å². The van der Waals surface area contributed by atoms with E-state index in [2.05, 4.69) is 4.98 Å². The van der Waals surface area contributed by atoms with Crippen LogP contribution in [-0.2, 0) is 11.4 Å². The van der Waals surface area contributed by atoms with Crippen molar-refractivity contribution in [3.05, 3.63) is 65.5 Å². The molecule has 0 aliphatic heterocycles. The highest BCUT2D eigenvalue weighted by Crippen LogP contribution is 2.15. The van der Waals surface area contributed by atoms with Crippen LogP contribution < -0.4 is 4.74 Å². The predicted molar refractivity (Wildman–Crippen MR) is 76.4 cm³/mol. The highest BCUT2D eigenvalue weighted by atomic mass is 16.5. The summed E-state index contributed by atoms with van der Waals surface area (Å²) in [5.74, 6) is -0.320. The zero-order valence-corrected chi connectivity index (χ0v) is 11.1. The molecular weight excluding hydrogens is 268 g/mol. The van der Waals surface area contributed by atoms with Crippen molar-refractivity contribution in [2.24, 2.45) is 0 Å². The van der Waals surface area contributed by atoms with Gasteiger partial charge in [0.05, 0.1) is 0 Å². The molecule has 0 fully saturated rings. The van der Waals surface area contributed by atoms with Crippen LogP contribution in [0.3, 0.4) is 0 Å². The molecule has 21 heavy (non-hydrogen) atoms. The summed E-state index contributed by atoms with van der Waals surface area (Å²) in [5.41, 5.74) is 1.99. The van der Waals surface area contributed by atoms with E-state index >= 15 is 0 Å². The second-order valence-corrected chi connectivity index (χ2v) is 4.19. The molecule has 1 aromatic carbocycles. The summed E-state index contributed by atoms with van der Waals surface area (Å²) in [7, 11) is 0. The zero-order valence-electron chi connectivity index (χ0n) is 11.1. The molecule has 0 aliphatic carbocycles. The zero-order chi connectivity index (χ0) is 15.1. The molecule has 0 saturated heterocycles. The van der Waals surface area contributed by atoms with Gasteiger partial charge in [-0.1, -0.05) is 12.1 Å². The molecule has 1 N–H and O–H groups in total. The lowest BCUT2D eigenvalue weighted by atomic mass is 10.2. The van der Waals surface area contributed by atoms with Crippen molar-refractivity contribution in [3.63, 3.8) is 0 Å². The number of carboxylic acids is 1. The van der Waals surface area contributed by atoms with Gasteiger partial charge in [-0.15, -0.1) is 0 Å². The highest BCUT2D eigenvalue weighted by molar-refractivity contribution is 5.85. The molecule has 0 aliphatic rings. The number of carboxylic acid groups (broad SMARTS) is 1. The smallest absolute Gasteiger partial charge is 0.328 e. The first-order chi connectivity index (χ1) is 10.2. The van der Waals surface area contributed by atoms with Crippen molar-refractivity contribution in [2.75, 3.05) is 0 Å². The molecule has 0 radical (unpaired) electrons. The van der Waals surface area contributed by atoms with E-state index in [9.17, 15) is 4.79 Å². The largest absolute Gasteiger partial charge is 0.489 e. The van der Waals surface area contributed by atoms with E-state index in [0.717, 1.165) is 17.2 Å². The average Bonchev–Trinajstić information content (AvgIpc) is 2.52. The maximum atomic E-state index is 10.4. The first-order valence-corrected chi connectivity index (χ1v) is 6.16. The van der Waals surface area contributed by atoms with Crippen molar-refractivity contribution in [2.45, 2.75) is 6.61 Å². The SMILES string of the molecule is N#Cc1cc(COc2ccc(C=CC(=O)O)cc2)ccn1. The average molecular weight is 280 g/mol. The molecule has 0 spiro atoms. The lowest BCUT2D eigenvalue weighted by Gasteiger charge is -2.06. The van der Waals surface area contributed by atoms with E-state index in [1.807, 2.05) is 6.07 Å². The minimum absolute atomic E-state index is 0.335. The Bertz CT molecular complexity index is 700. The predicted octanol–water partition coefficient (Wildman–Crippen LogP) is 2.63. The molecule has 104 valence electrons. The van der Waals surface area contributed by atoms with Gasteiger partial charge in [0, 0.05) is 12.3 Å². The van der Waals surface area contributed by atoms with E-state index in [1.165, 1.54) is 6.08 Å². The molecule has 2 aromatic rings. The first-order valence-electron chi connectivity index (χ1n) is 6.16. The number of carbonyl (C=O) groups is 1. The Labute approximate surface area is 121 Å². The van der Waals surface area contributed by atoms with E-state index in [4.69, 9.17) is 15.1 Å². The number of nitriles is 1. The standard InChI is InChI=1S/C16H12N2O3/c17-10-14-9-13(7-8-18-14)11-21-15-4-1-12(2-5-15)3-6-16(19)20/h1-9H,11H2,(H,19,20). The quantitative estimate of drug-likeness (QED) is 0.851.